The van der Waals surface area contributed by atoms with E-state index in [0.29, 0.717) is 18.0 Å². The highest BCUT2D eigenvalue weighted by molar-refractivity contribution is 7.99. The Balaban J connectivity index is 1.81. The third kappa shape index (κ3) is 4.78. The van der Waals surface area contributed by atoms with Crippen LogP contribution in [-0.2, 0) is 13.0 Å². The van der Waals surface area contributed by atoms with Crippen LogP contribution >= 0.6 is 11.8 Å². The Morgan fingerprint density at radius 2 is 2.24 bits per heavy atom. The van der Waals surface area contributed by atoms with Gasteiger partial charge < -0.3 is 15.2 Å². The molecule has 0 aliphatic heterocycles. The minimum atomic E-state index is -0.304. The van der Waals surface area contributed by atoms with E-state index in [2.05, 4.69) is 27.7 Å². The number of hydrogen-bond donors (Lipinski definition) is 2. The Labute approximate surface area is 127 Å². The first-order chi connectivity index (χ1) is 10.2. The van der Waals surface area contributed by atoms with Crippen molar-refractivity contribution >= 4 is 23.5 Å². The van der Waals surface area contributed by atoms with Crippen molar-refractivity contribution in [2.24, 2.45) is 0 Å². The second kappa shape index (κ2) is 7.68. The zero-order valence-electron chi connectivity index (χ0n) is 12.0. The van der Waals surface area contributed by atoms with Crippen molar-refractivity contribution < 1.29 is 9.32 Å². The summed E-state index contributed by atoms with van der Waals surface area (Å²) in [7, 11) is 0. The van der Waals surface area contributed by atoms with Crippen LogP contribution in [0.5, 0.6) is 0 Å². The van der Waals surface area contributed by atoms with Gasteiger partial charge in [0.05, 0.1) is 29.1 Å². The highest BCUT2D eigenvalue weighted by atomic mass is 32.2. The van der Waals surface area contributed by atoms with E-state index in [-0.39, 0.29) is 6.03 Å². The molecule has 112 valence electrons. The van der Waals surface area contributed by atoms with E-state index in [1.54, 1.807) is 18.0 Å². The van der Waals surface area contributed by atoms with E-state index in [9.17, 15) is 4.79 Å². The number of aryl methyl sites for hydroxylation is 1. The SMILES string of the molecule is CCSc1ccc(NC(=O)NCc2cc(CC)no2)cn1. The largest absolute Gasteiger partial charge is 0.359 e. The lowest BCUT2D eigenvalue weighted by atomic mass is 10.3. The molecule has 21 heavy (non-hydrogen) atoms. The predicted molar refractivity (Wildman–Crippen MR) is 82.4 cm³/mol. The van der Waals surface area contributed by atoms with Crippen molar-refractivity contribution in [3.8, 4) is 0 Å². The summed E-state index contributed by atoms with van der Waals surface area (Å²) in [6.45, 7) is 4.37. The molecule has 0 spiro atoms. The molecule has 2 rings (SSSR count). The zero-order chi connectivity index (χ0) is 15.1. The number of amides is 2. The van der Waals surface area contributed by atoms with Gasteiger partial charge in [-0.25, -0.2) is 9.78 Å². The molecule has 2 amide bonds. The molecule has 0 bridgehead atoms. The Bertz CT molecular complexity index is 583. The molecule has 0 saturated carbocycles. The molecule has 0 aliphatic carbocycles. The Morgan fingerprint density at radius 3 is 2.86 bits per heavy atom. The van der Waals surface area contributed by atoms with E-state index in [4.69, 9.17) is 4.52 Å². The first-order valence-corrected chi connectivity index (χ1v) is 7.78. The minimum Gasteiger partial charge on any atom is -0.359 e. The average Bonchev–Trinajstić information content (AvgIpc) is 2.96. The molecule has 2 heterocycles. The zero-order valence-corrected chi connectivity index (χ0v) is 12.9. The van der Waals surface area contributed by atoms with Crippen LogP contribution in [0.2, 0.25) is 0 Å². The summed E-state index contributed by atoms with van der Waals surface area (Å²) in [5, 5.41) is 10.2. The van der Waals surface area contributed by atoms with Gasteiger partial charge in [-0.15, -0.1) is 11.8 Å². The average molecular weight is 306 g/mol. The van der Waals surface area contributed by atoms with Crippen LogP contribution in [0.15, 0.2) is 33.9 Å². The highest BCUT2D eigenvalue weighted by Gasteiger charge is 2.06. The topological polar surface area (TPSA) is 80.0 Å². The van der Waals surface area contributed by atoms with Crippen LogP contribution in [0.25, 0.3) is 0 Å². The number of carbonyl (C=O) groups excluding carboxylic acids is 1. The monoisotopic (exact) mass is 306 g/mol. The van der Waals surface area contributed by atoms with Crippen molar-refractivity contribution in [1.29, 1.82) is 0 Å². The minimum absolute atomic E-state index is 0.302. The van der Waals surface area contributed by atoms with Gasteiger partial charge in [0.15, 0.2) is 5.76 Å². The molecule has 0 fully saturated rings. The predicted octanol–water partition coefficient (Wildman–Crippen LogP) is 3.07. The van der Waals surface area contributed by atoms with Crippen LogP contribution in [0.4, 0.5) is 10.5 Å². The molecule has 0 unspecified atom stereocenters. The fourth-order valence-electron chi connectivity index (χ4n) is 1.64. The Morgan fingerprint density at radius 1 is 1.38 bits per heavy atom. The van der Waals surface area contributed by atoms with E-state index in [0.717, 1.165) is 22.9 Å². The maximum absolute atomic E-state index is 11.8. The summed E-state index contributed by atoms with van der Waals surface area (Å²) < 4.78 is 5.09. The van der Waals surface area contributed by atoms with Crippen molar-refractivity contribution in [2.45, 2.75) is 31.8 Å². The fourth-order valence-corrected chi connectivity index (χ4v) is 2.22. The Hall–Kier alpha value is -2.02. The van der Waals surface area contributed by atoms with Crippen molar-refractivity contribution in [3.05, 3.63) is 35.9 Å². The number of urea groups is 1. The lowest BCUT2D eigenvalue weighted by molar-refractivity contribution is 0.250. The molecule has 0 aliphatic rings. The smallest absolute Gasteiger partial charge is 0.319 e. The van der Waals surface area contributed by atoms with E-state index in [1.807, 2.05) is 25.1 Å². The first kappa shape index (κ1) is 15.4. The molecule has 6 nitrogen and oxygen atoms in total. The molecule has 0 saturated heterocycles. The van der Waals surface area contributed by atoms with Gasteiger partial charge in [0.2, 0.25) is 0 Å². The van der Waals surface area contributed by atoms with Crippen LogP contribution in [-0.4, -0.2) is 21.9 Å². The fraction of sp³-hybridized carbons (Fsp3) is 0.357. The Kier molecular flexibility index (Phi) is 5.62. The number of thioether (sulfide) groups is 1. The van der Waals surface area contributed by atoms with Crippen molar-refractivity contribution in [2.75, 3.05) is 11.1 Å². The van der Waals surface area contributed by atoms with Gasteiger partial charge in [0, 0.05) is 6.07 Å². The maximum atomic E-state index is 11.8. The quantitative estimate of drug-likeness (QED) is 0.802. The standard InChI is InChI=1S/C14H18N4O2S/c1-3-10-7-12(20-18-10)9-16-14(19)17-11-5-6-13(15-8-11)21-4-2/h5-8H,3-4,9H2,1-2H3,(H2,16,17,19). The van der Waals surface area contributed by atoms with Crippen LogP contribution in [0.3, 0.4) is 0 Å². The number of rotatable bonds is 6. The van der Waals surface area contributed by atoms with Crippen molar-refractivity contribution in [3.63, 3.8) is 0 Å². The third-order valence-electron chi connectivity index (χ3n) is 2.68. The highest BCUT2D eigenvalue weighted by Crippen LogP contribution is 2.16. The summed E-state index contributed by atoms with van der Waals surface area (Å²) in [5.74, 6) is 1.60. The number of carbonyl (C=O) groups is 1. The number of nitrogens with one attached hydrogen (secondary N) is 2. The lowest BCUT2D eigenvalue weighted by Crippen LogP contribution is -2.28. The van der Waals surface area contributed by atoms with Gasteiger partial charge in [-0.3, -0.25) is 0 Å². The number of aromatic nitrogens is 2. The summed E-state index contributed by atoms with van der Waals surface area (Å²) >= 11 is 1.66. The van der Waals surface area contributed by atoms with E-state index < -0.39 is 0 Å². The summed E-state index contributed by atoms with van der Waals surface area (Å²) in [5.41, 5.74) is 1.53. The van der Waals surface area contributed by atoms with E-state index >= 15 is 0 Å². The molecule has 2 aromatic rings. The molecule has 0 radical (unpaired) electrons. The normalized spacial score (nSPS) is 10.4. The first-order valence-electron chi connectivity index (χ1n) is 6.79. The number of anilines is 1. The summed E-state index contributed by atoms with van der Waals surface area (Å²) in [6.07, 6.45) is 2.45. The van der Waals surface area contributed by atoms with Gasteiger partial charge in [-0.05, 0) is 24.3 Å². The number of nitrogens with zero attached hydrogens (tertiary/aromatic N) is 2. The second-order valence-corrected chi connectivity index (χ2v) is 5.55. The molecule has 2 aromatic heterocycles. The van der Waals surface area contributed by atoms with Gasteiger partial charge in [-0.1, -0.05) is 19.0 Å². The molecule has 0 atom stereocenters. The molecule has 7 heteroatoms. The lowest BCUT2D eigenvalue weighted by Gasteiger charge is -2.06. The van der Waals surface area contributed by atoms with Gasteiger partial charge in [0.1, 0.15) is 0 Å². The van der Waals surface area contributed by atoms with Gasteiger partial charge >= 0.3 is 6.03 Å². The van der Waals surface area contributed by atoms with Crippen LogP contribution < -0.4 is 10.6 Å². The molecule has 0 aromatic carbocycles. The molecule has 2 N–H and O–H groups in total. The second-order valence-electron chi connectivity index (χ2n) is 4.26. The molecular formula is C14H18N4O2S. The van der Waals surface area contributed by atoms with Gasteiger partial charge in [-0.2, -0.15) is 0 Å². The summed E-state index contributed by atoms with van der Waals surface area (Å²) in [4.78, 5) is 16.0. The third-order valence-corrected chi connectivity index (χ3v) is 3.51. The maximum Gasteiger partial charge on any atom is 0.319 e. The van der Waals surface area contributed by atoms with Crippen LogP contribution in [0.1, 0.15) is 25.3 Å². The number of pyridine rings is 1. The summed E-state index contributed by atoms with van der Waals surface area (Å²) in [6, 6.07) is 5.24. The van der Waals surface area contributed by atoms with Crippen LogP contribution in [0, 0.1) is 0 Å². The number of hydrogen-bond acceptors (Lipinski definition) is 5. The molecular weight excluding hydrogens is 288 g/mol. The van der Waals surface area contributed by atoms with E-state index in [1.165, 1.54) is 0 Å². The van der Waals surface area contributed by atoms with Gasteiger partial charge in [0.25, 0.3) is 0 Å². The van der Waals surface area contributed by atoms with Crippen molar-refractivity contribution in [1.82, 2.24) is 15.5 Å².